The SMILES string of the molecule is [C-]#[N+]c1cccc(-c2ccccn2)c1. The van der Waals surface area contributed by atoms with Crippen molar-refractivity contribution in [3.8, 4) is 11.3 Å². The maximum Gasteiger partial charge on any atom is 0.187 e. The Kier molecular flexibility index (Phi) is 2.24. The van der Waals surface area contributed by atoms with E-state index in [0.717, 1.165) is 11.3 Å². The lowest BCUT2D eigenvalue weighted by atomic mass is 10.1. The second-order valence-corrected chi connectivity index (χ2v) is 2.88. The van der Waals surface area contributed by atoms with E-state index in [0.29, 0.717) is 5.69 Å². The average molecular weight is 180 g/mol. The molecule has 0 unspecified atom stereocenters. The highest BCUT2D eigenvalue weighted by Gasteiger charge is 1.98. The van der Waals surface area contributed by atoms with Crippen LogP contribution in [0.3, 0.4) is 0 Å². The first kappa shape index (κ1) is 8.46. The zero-order valence-corrected chi connectivity index (χ0v) is 7.51. The lowest BCUT2D eigenvalue weighted by molar-refractivity contribution is 1.33. The predicted octanol–water partition coefficient (Wildman–Crippen LogP) is 3.30. The number of hydrogen-bond acceptors (Lipinski definition) is 1. The number of hydrogen-bond donors (Lipinski definition) is 0. The van der Waals surface area contributed by atoms with Crippen LogP contribution in [0.2, 0.25) is 0 Å². The number of benzene rings is 1. The molecular formula is C12H8N2. The first-order valence-corrected chi connectivity index (χ1v) is 4.29. The molecule has 66 valence electrons. The van der Waals surface area contributed by atoms with Gasteiger partial charge in [0.2, 0.25) is 0 Å². The van der Waals surface area contributed by atoms with Crippen molar-refractivity contribution in [2.24, 2.45) is 0 Å². The maximum atomic E-state index is 6.91. The van der Waals surface area contributed by atoms with Crippen molar-refractivity contribution in [3.05, 3.63) is 60.1 Å². The van der Waals surface area contributed by atoms with Gasteiger partial charge in [-0.3, -0.25) is 4.98 Å². The molecule has 2 aromatic rings. The summed E-state index contributed by atoms with van der Waals surface area (Å²) in [5.74, 6) is 0. The zero-order chi connectivity index (χ0) is 9.80. The van der Waals surface area contributed by atoms with Crippen LogP contribution >= 0.6 is 0 Å². The van der Waals surface area contributed by atoms with Gasteiger partial charge < -0.3 is 0 Å². The smallest absolute Gasteiger partial charge is 0.187 e. The fourth-order valence-corrected chi connectivity index (χ4v) is 1.27. The second kappa shape index (κ2) is 3.71. The third-order valence-corrected chi connectivity index (χ3v) is 1.94. The Morgan fingerprint density at radius 3 is 2.71 bits per heavy atom. The molecule has 0 aliphatic carbocycles. The Hall–Kier alpha value is -2.14. The summed E-state index contributed by atoms with van der Waals surface area (Å²) in [4.78, 5) is 7.60. The average Bonchev–Trinajstić information content (AvgIpc) is 2.30. The quantitative estimate of drug-likeness (QED) is 0.615. The largest absolute Gasteiger partial charge is 0.256 e. The van der Waals surface area contributed by atoms with Gasteiger partial charge in [-0.2, -0.15) is 0 Å². The fourth-order valence-electron chi connectivity index (χ4n) is 1.27. The second-order valence-electron chi connectivity index (χ2n) is 2.88. The minimum atomic E-state index is 0.646. The van der Waals surface area contributed by atoms with E-state index in [4.69, 9.17) is 6.57 Å². The fraction of sp³-hybridized carbons (Fsp3) is 0. The Morgan fingerprint density at radius 1 is 1.07 bits per heavy atom. The normalized spacial score (nSPS) is 9.36. The van der Waals surface area contributed by atoms with Crippen molar-refractivity contribution in [2.75, 3.05) is 0 Å². The van der Waals surface area contributed by atoms with Crippen molar-refractivity contribution < 1.29 is 0 Å². The summed E-state index contributed by atoms with van der Waals surface area (Å²) in [6.45, 7) is 6.91. The van der Waals surface area contributed by atoms with Crippen LogP contribution in [0.5, 0.6) is 0 Å². The van der Waals surface area contributed by atoms with E-state index in [9.17, 15) is 0 Å². The van der Waals surface area contributed by atoms with Crippen LogP contribution in [0.1, 0.15) is 0 Å². The summed E-state index contributed by atoms with van der Waals surface area (Å²) < 4.78 is 0. The van der Waals surface area contributed by atoms with E-state index < -0.39 is 0 Å². The first-order chi connectivity index (χ1) is 6.90. The molecule has 0 bridgehead atoms. The highest BCUT2D eigenvalue weighted by Crippen LogP contribution is 2.21. The molecule has 0 aliphatic heterocycles. The van der Waals surface area contributed by atoms with Crippen LogP contribution in [0.4, 0.5) is 5.69 Å². The Labute approximate surface area is 82.7 Å². The molecule has 2 heteroatoms. The summed E-state index contributed by atoms with van der Waals surface area (Å²) in [7, 11) is 0. The number of pyridine rings is 1. The van der Waals surface area contributed by atoms with E-state index in [1.807, 2.05) is 36.4 Å². The van der Waals surface area contributed by atoms with Crippen molar-refractivity contribution in [3.63, 3.8) is 0 Å². The molecule has 2 nitrogen and oxygen atoms in total. The minimum absolute atomic E-state index is 0.646. The van der Waals surface area contributed by atoms with Crippen molar-refractivity contribution in [2.45, 2.75) is 0 Å². The molecule has 0 N–H and O–H groups in total. The van der Waals surface area contributed by atoms with Gasteiger partial charge in [0.25, 0.3) is 0 Å². The Bertz CT molecular complexity index is 469. The van der Waals surface area contributed by atoms with Gasteiger partial charge in [-0.15, -0.1) is 0 Å². The van der Waals surface area contributed by atoms with Crippen LogP contribution < -0.4 is 0 Å². The molecule has 14 heavy (non-hydrogen) atoms. The molecule has 1 aromatic heterocycles. The van der Waals surface area contributed by atoms with Crippen LogP contribution in [0.15, 0.2) is 48.7 Å². The van der Waals surface area contributed by atoms with Gasteiger partial charge in [0.1, 0.15) is 0 Å². The third-order valence-electron chi connectivity index (χ3n) is 1.94. The number of aromatic nitrogens is 1. The van der Waals surface area contributed by atoms with Crippen LogP contribution in [0, 0.1) is 6.57 Å². The monoisotopic (exact) mass is 180 g/mol. The van der Waals surface area contributed by atoms with E-state index >= 15 is 0 Å². The topological polar surface area (TPSA) is 17.2 Å². The van der Waals surface area contributed by atoms with Gasteiger partial charge in [-0.05, 0) is 23.8 Å². The molecule has 0 spiro atoms. The zero-order valence-electron chi connectivity index (χ0n) is 7.51. The molecule has 1 aromatic carbocycles. The standard InChI is InChI=1S/C12H8N2/c1-13-11-6-4-5-10(9-11)12-7-2-3-8-14-12/h2-9H. The Balaban J connectivity index is 2.49. The summed E-state index contributed by atoms with van der Waals surface area (Å²) in [5.41, 5.74) is 2.53. The van der Waals surface area contributed by atoms with Crippen molar-refractivity contribution in [1.29, 1.82) is 0 Å². The minimum Gasteiger partial charge on any atom is -0.256 e. The highest BCUT2D eigenvalue weighted by molar-refractivity contribution is 5.65. The molecule has 1 heterocycles. The Morgan fingerprint density at radius 2 is 2.00 bits per heavy atom. The van der Waals surface area contributed by atoms with Gasteiger partial charge in [-0.25, -0.2) is 4.85 Å². The third kappa shape index (κ3) is 1.62. The molecule has 0 radical (unpaired) electrons. The van der Waals surface area contributed by atoms with Gasteiger partial charge in [0, 0.05) is 6.20 Å². The molecule has 0 amide bonds. The van der Waals surface area contributed by atoms with Crippen molar-refractivity contribution in [1.82, 2.24) is 4.98 Å². The molecule has 0 saturated carbocycles. The van der Waals surface area contributed by atoms with Gasteiger partial charge in [-0.1, -0.05) is 24.3 Å². The first-order valence-electron chi connectivity index (χ1n) is 4.29. The van der Waals surface area contributed by atoms with Crippen molar-refractivity contribution >= 4 is 5.69 Å². The van der Waals surface area contributed by atoms with E-state index in [1.165, 1.54) is 0 Å². The van der Waals surface area contributed by atoms with Crippen LogP contribution in [-0.2, 0) is 0 Å². The lowest BCUT2D eigenvalue weighted by Crippen LogP contribution is -1.80. The molecule has 0 fully saturated rings. The molecular weight excluding hydrogens is 172 g/mol. The number of rotatable bonds is 1. The molecule has 2 rings (SSSR count). The summed E-state index contributed by atoms with van der Waals surface area (Å²) >= 11 is 0. The van der Waals surface area contributed by atoms with Gasteiger partial charge >= 0.3 is 0 Å². The predicted molar refractivity (Wildman–Crippen MR) is 55.9 cm³/mol. The summed E-state index contributed by atoms with van der Waals surface area (Å²) in [6, 6.07) is 13.2. The molecule has 0 aliphatic rings. The van der Waals surface area contributed by atoms with Gasteiger partial charge in [0.15, 0.2) is 5.69 Å². The van der Waals surface area contributed by atoms with Crippen LogP contribution in [0.25, 0.3) is 16.1 Å². The van der Waals surface area contributed by atoms with Crippen LogP contribution in [-0.4, -0.2) is 4.98 Å². The van der Waals surface area contributed by atoms with Gasteiger partial charge in [0.05, 0.1) is 12.3 Å². The maximum absolute atomic E-state index is 6.91. The number of nitrogens with zero attached hydrogens (tertiary/aromatic N) is 2. The highest BCUT2D eigenvalue weighted by atomic mass is 14.7. The summed E-state index contributed by atoms with van der Waals surface area (Å²) in [5, 5.41) is 0. The molecule has 0 atom stereocenters. The van der Waals surface area contributed by atoms with E-state index in [-0.39, 0.29) is 0 Å². The van der Waals surface area contributed by atoms with E-state index in [2.05, 4.69) is 9.83 Å². The lowest BCUT2D eigenvalue weighted by Gasteiger charge is -1.99. The summed E-state index contributed by atoms with van der Waals surface area (Å²) in [6.07, 6.45) is 1.75. The molecule has 0 saturated heterocycles. The van der Waals surface area contributed by atoms with E-state index in [1.54, 1.807) is 12.3 Å².